The number of benzene rings is 2. The number of carbonyl (C=O) groups is 1. The molecule has 2 heterocycles. The van der Waals surface area contributed by atoms with E-state index in [2.05, 4.69) is 0 Å². The Kier molecular flexibility index (Phi) is 5.49. The van der Waals surface area contributed by atoms with Gasteiger partial charge in [0.15, 0.2) is 0 Å². The molecule has 4 rings (SSSR count). The average Bonchev–Trinajstić information content (AvgIpc) is 2.71. The maximum absolute atomic E-state index is 14.3. The normalized spacial score (nSPS) is 13.5. The van der Waals surface area contributed by atoms with E-state index in [9.17, 15) is 18.4 Å². The Hall–Kier alpha value is -2.90. The van der Waals surface area contributed by atoms with E-state index in [0.717, 1.165) is 6.07 Å². The molecule has 9 heteroatoms. The number of pyridine rings is 1. The molecule has 1 aromatic heterocycles. The molecule has 2 aromatic carbocycles. The first-order chi connectivity index (χ1) is 14.7. The van der Waals surface area contributed by atoms with Gasteiger partial charge >= 0.3 is 0 Å². The van der Waals surface area contributed by atoms with Gasteiger partial charge in [0.1, 0.15) is 24.3 Å². The summed E-state index contributed by atoms with van der Waals surface area (Å²) in [7, 11) is 0. The lowest BCUT2D eigenvalue weighted by molar-refractivity contribution is 0.0982. The lowest BCUT2D eigenvalue weighted by atomic mass is 10.0. The van der Waals surface area contributed by atoms with Crippen LogP contribution in [0.2, 0.25) is 5.02 Å². The highest BCUT2D eigenvalue weighted by Crippen LogP contribution is 2.39. The Labute approximate surface area is 187 Å². The van der Waals surface area contributed by atoms with Gasteiger partial charge in [-0.15, -0.1) is 11.6 Å². The average molecular weight is 464 g/mol. The molecular formula is C22H17Cl2F2N3O2. The fraction of sp³-hybridized carbons (Fsp3) is 0.182. The van der Waals surface area contributed by atoms with Crippen LogP contribution in [-0.4, -0.2) is 17.1 Å². The van der Waals surface area contributed by atoms with Crippen molar-refractivity contribution in [1.29, 1.82) is 0 Å². The molecule has 0 saturated heterocycles. The van der Waals surface area contributed by atoms with Crippen LogP contribution >= 0.6 is 23.2 Å². The quantitative estimate of drug-likeness (QED) is 0.491. The number of hydrogen-bond donors (Lipinski definition) is 0. The van der Waals surface area contributed by atoms with E-state index >= 15 is 0 Å². The van der Waals surface area contributed by atoms with Crippen LogP contribution in [0.5, 0.6) is 0 Å². The van der Waals surface area contributed by atoms with Gasteiger partial charge in [0.25, 0.3) is 11.5 Å². The standard InChI is InChI=1S/C22H17Cl2F2N3O2/c1-12-7-14(25)3-4-18(12)28-11-29(19-5-6-21(30)27(10-23)13(19)2)22(31)15-8-17(26)16(24)9-20(15)28/h3-9H,10-11H2,1-2H3. The molecule has 31 heavy (non-hydrogen) atoms. The second kappa shape index (κ2) is 7.98. The highest BCUT2D eigenvalue weighted by Gasteiger charge is 2.34. The second-order valence-electron chi connectivity index (χ2n) is 7.21. The maximum Gasteiger partial charge on any atom is 0.262 e. The minimum absolute atomic E-state index is 0.0433. The summed E-state index contributed by atoms with van der Waals surface area (Å²) in [6, 6.07) is 9.53. The monoisotopic (exact) mass is 463 g/mol. The molecule has 0 spiro atoms. The van der Waals surface area contributed by atoms with Gasteiger partial charge in [0.05, 0.1) is 22.0 Å². The molecule has 0 saturated carbocycles. The molecule has 3 aromatic rings. The van der Waals surface area contributed by atoms with E-state index in [4.69, 9.17) is 23.2 Å². The predicted octanol–water partition coefficient (Wildman–Crippen LogP) is 5.35. The first-order valence-electron chi connectivity index (χ1n) is 9.34. The maximum atomic E-state index is 14.3. The molecule has 160 valence electrons. The molecular weight excluding hydrogens is 447 g/mol. The Balaban J connectivity index is 1.94. The van der Waals surface area contributed by atoms with Gasteiger partial charge in [-0.05, 0) is 55.8 Å². The number of amides is 1. The van der Waals surface area contributed by atoms with Crippen molar-refractivity contribution in [3.63, 3.8) is 0 Å². The lowest BCUT2D eigenvalue weighted by Crippen LogP contribution is -2.46. The Morgan fingerprint density at radius 1 is 0.935 bits per heavy atom. The van der Waals surface area contributed by atoms with Gasteiger partial charge < -0.3 is 4.90 Å². The predicted molar refractivity (Wildman–Crippen MR) is 118 cm³/mol. The van der Waals surface area contributed by atoms with E-state index in [1.54, 1.807) is 24.8 Å². The lowest BCUT2D eigenvalue weighted by Gasteiger charge is -2.39. The summed E-state index contributed by atoms with van der Waals surface area (Å²) in [5.74, 6) is -1.58. The minimum atomic E-state index is -0.728. The van der Waals surface area contributed by atoms with E-state index in [1.807, 2.05) is 0 Å². The van der Waals surface area contributed by atoms with Crippen LogP contribution in [0.4, 0.5) is 25.8 Å². The molecule has 1 amide bonds. The highest BCUT2D eigenvalue weighted by atomic mass is 35.5. The number of alkyl halides is 1. The summed E-state index contributed by atoms with van der Waals surface area (Å²) < 4.78 is 29.3. The van der Waals surface area contributed by atoms with Gasteiger partial charge in [-0.1, -0.05) is 11.6 Å². The van der Waals surface area contributed by atoms with E-state index in [-0.39, 0.29) is 28.8 Å². The van der Waals surface area contributed by atoms with Crippen molar-refractivity contribution in [3.8, 4) is 0 Å². The van der Waals surface area contributed by atoms with E-state index in [0.29, 0.717) is 28.3 Å². The van der Waals surface area contributed by atoms with Crippen LogP contribution in [0.25, 0.3) is 0 Å². The largest absolute Gasteiger partial charge is 0.322 e. The molecule has 0 atom stereocenters. The van der Waals surface area contributed by atoms with E-state index in [1.165, 1.54) is 39.8 Å². The molecule has 0 N–H and O–H groups in total. The smallest absolute Gasteiger partial charge is 0.262 e. The third-order valence-corrected chi connectivity index (χ3v) is 5.90. The summed E-state index contributed by atoms with van der Waals surface area (Å²) in [6.07, 6.45) is 0. The highest BCUT2D eigenvalue weighted by molar-refractivity contribution is 6.31. The Morgan fingerprint density at radius 2 is 1.65 bits per heavy atom. The second-order valence-corrected chi connectivity index (χ2v) is 7.85. The number of carbonyl (C=O) groups excluding carboxylic acids is 1. The molecule has 0 radical (unpaired) electrons. The third-order valence-electron chi connectivity index (χ3n) is 5.37. The molecule has 0 unspecified atom stereocenters. The van der Waals surface area contributed by atoms with Crippen LogP contribution in [0, 0.1) is 25.5 Å². The van der Waals surface area contributed by atoms with Crippen molar-refractivity contribution in [2.75, 3.05) is 16.5 Å². The Bertz CT molecular complexity index is 1280. The SMILES string of the molecule is Cc1cc(F)ccc1N1CN(c2ccc(=O)n(CCl)c2C)C(=O)c2cc(F)c(Cl)cc21. The zero-order valence-electron chi connectivity index (χ0n) is 16.6. The summed E-state index contributed by atoms with van der Waals surface area (Å²) in [4.78, 5) is 28.6. The van der Waals surface area contributed by atoms with Crippen LogP contribution < -0.4 is 15.4 Å². The first kappa shape index (κ1) is 21.3. The zero-order valence-corrected chi connectivity index (χ0v) is 18.1. The van der Waals surface area contributed by atoms with Crippen molar-refractivity contribution in [2.45, 2.75) is 19.9 Å². The molecule has 0 fully saturated rings. The van der Waals surface area contributed by atoms with Crippen LogP contribution in [0.1, 0.15) is 21.6 Å². The number of aromatic nitrogens is 1. The Morgan fingerprint density at radius 3 is 2.32 bits per heavy atom. The zero-order chi connectivity index (χ0) is 22.4. The van der Waals surface area contributed by atoms with Crippen molar-refractivity contribution in [2.24, 2.45) is 0 Å². The topological polar surface area (TPSA) is 45.5 Å². The van der Waals surface area contributed by atoms with Crippen molar-refractivity contribution >= 4 is 46.2 Å². The molecule has 0 bridgehead atoms. The van der Waals surface area contributed by atoms with E-state index < -0.39 is 17.5 Å². The first-order valence-corrected chi connectivity index (χ1v) is 10.2. The molecule has 5 nitrogen and oxygen atoms in total. The third kappa shape index (κ3) is 3.58. The van der Waals surface area contributed by atoms with Gasteiger partial charge in [0.2, 0.25) is 0 Å². The fourth-order valence-electron chi connectivity index (χ4n) is 3.77. The van der Waals surface area contributed by atoms with Gasteiger partial charge in [-0.3, -0.25) is 19.1 Å². The van der Waals surface area contributed by atoms with Crippen molar-refractivity contribution in [1.82, 2.24) is 4.57 Å². The van der Waals surface area contributed by atoms with Crippen LogP contribution in [-0.2, 0) is 6.00 Å². The summed E-state index contributed by atoms with van der Waals surface area (Å²) in [5.41, 5.74) is 2.41. The van der Waals surface area contributed by atoms with Gasteiger partial charge in [-0.2, -0.15) is 0 Å². The summed E-state index contributed by atoms with van der Waals surface area (Å²) in [6.45, 7) is 3.46. The number of nitrogens with zero attached hydrogens (tertiary/aromatic N) is 3. The van der Waals surface area contributed by atoms with Gasteiger partial charge in [0, 0.05) is 17.4 Å². The molecule has 0 aliphatic carbocycles. The number of aryl methyl sites for hydroxylation is 1. The van der Waals surface area contributed by atoms with Crippen LogP contribution in [0.15, 0.2) is 47.3 Å². The number of anilines is 3. The summed E-state index contributed by atoms with van der Waals surface area (Å²) in [5, 5.41) is -0.128. The van der Waals surface area contributed by atoms with Crippen molar-refractivity contribution in [3.05, 3.63) is 86.3 Å². The fourth-order valence-corrected chi connectivity index (χ4v) is 4.22. The summed E-state index contributed by atoms with van der Waals surface area (Å²) >= 11 is 11.9. The van der Waals surface area contributed by atoms with Crippen molar-refractivity contribution < 1.29 is 13.6 Å². The molecule has 1 aliphatic heterocycles. The number of halogens is 4. The number of hydrogen-bond acceptors (Lipinski definition) is 3. The van der Waals surface area contributed by atoms with Gasteiger partial charge in [-0.25, -0.2) is 8.78 Å². The number of fused-ring (bicyclic) bond motifs is 1. The van der Waals surface area contributed by atoms with Crippen LogP contribution in [0.3, 0.4) is 0 Å². The number of rotatable bonds is 3. The minimum Gasteiger partial charge on any atom is -0.322 e. The molecule has 1 aliphatic rings.